The molecule has 0 aromatic rings. The normalized spacial score (nSPS) is 18.9. The van der Waals surface area contributed by atoms with Gasteiger partial charge in [0.2, 0.25) is 0 Å². The second kappa shape index (κ2) is 6.35. The highest BCUT2D eigenvalue weighted by Crippen LogP contribution is 2.19. The standard InChI is InChI=1S/C10H21NO2/c1-2-6-13-7-5-10(8-12)11-9-3-4-9/h9-12H,2-8H2,1H3. The topological polar surface area (TPSA) is 41.5 Å². The molecule has 0 saturated heterocycles. The Hall–Kier alpha value is -0.120. The van der Waals surface area contributed by atoms with Crippen molar-refractivity contribution < 1.29 is 9.84 Å². The van der Waals surface area contributed by atoms with E-state index in [1.807, 2.05) is 0 Å². The van der Waals surface area contributed by atoms with E-state index in [2.05, 4.69) is 12.2 Å². The quantitative estimate of drug-likeness (QED) is 0.555. The molecule has 1 unspecified atom stereocenters. The van der Waals surface area contributed by atoms with Gasteiger partial charge in [0.05, 0.1) is 6.61 Å². The van der Waals surface area contributed by atoms with E-state index in [4.69, 9.17) is 9.84 Å². The van der Waals surface area contributed by atoms with Crippen molar-refractivity contribution in [2.24, 2.45) is 0 Å². The molecule has 0 amide bonds. The van der Waals surface area contributed by atoms with Gasteiger partial charge in [0.25, 0.3) is 0 Å². The fraction of sp³-hybridized carbons (Fsp3) is 1.00. The summed E-state index contributed by atoms with van der Waals surface area (Å²) < 4.78 is 5.37. The lowest BCUT2D eigenvalue weighted by Gasteiger charge is -2.15. The average molecular weight is 187 g/mol. The van der Waals surface area contributed by atoms with Crippen molar-refractivity contribution in [1.82, 2.24) is 5.32 Å². The first-order valence-electron chi connectivity index (χ1n) is 5.31. The fourth-order valence-corrected chi connectivity index (χ4v) is 1.28. The van der Waals surface area contributed by atoms with Crippen molar-refractivity contribution in [3.8, 4) is 0 Å². The minimum absolute atomic E-state index is 0.228. The summed E-state index contributed by atoms with van der Waals surface area (Å²) in [6.07, 6.45) is 4.53. The van der Waals surface area contributed by atoms with Crippen LogP contribution in [0.1, 0.15) is 32.6 Å². The van der Waals surface area contributed by atoms with Crippen molar-refractivity contribution in [2.45, 2.75) is 44.7 Å². The lowest BCUT2D eigenvalue weighted by molar-refractivity contribution is 0.114. The second-order valence-corrected chi connectivity index (χ2v) is 3.72. The molecule has 1 rings (SSSR count). The minimum Gasteiger partial charge on any atom is -0.395 e. The summed E-state index contributed by atoms with van der Waals surface area (Å²) in [4.78, 5) is 0. The zero-order chi connectivity index (χ0) is 9.52. The largest absolute Gasteiger partial charge is 0.395 e. The molecular weight excluding hydrogens is 166 g/mol. The van der Waals surface area contributed by atoms with Crippen LogP contribution in [0, 0.1) is 0 Å². The van der Waals surface area contributed by atoms with Gasteiger partial charge in [-0.15, -0.1) is 0 Å². The van der Waals surface area contributed by atoms with Gasteiger partial charge in [0.15, 0.2) is 0 Å². The molecule has 1 fully saturated rings. The van der Waals surface area contributed by atoms with E-state index >= 15 is 0 Å². The first kappa shape index (κ1) is 11.0. The monoisotopic (exact) mass is 187 g/mol. The zero-order valence-corrected chi connectivity index (χ0v) is 8.46. The van der Waals surface area contributed by atoms with Gasteiger partial charge in [0.1, 0.15) is 0 Å². The highest BCUT2D eigenvalue weighted by molar-refractivity contribution is 4.84. The smallest absolute Gasteiger partial charge is 0.0585 e. The number of rotatable bonds is 8. The minimum atomic E-state index is 0.228. The maximum atomic E-state index is 9.04. The predicted molar refractivity (Wildman–Crippen MR) is 52.8 cm³/mol. The van der Waals surface area contributed by atoms with Crippen LogP contribution in [0.2, 0.25) is 0 Å². The van der Waals surface area contributed by atoms with Gasteiger partial charge in [0, 0.05) is 25.3 Å². The van der Waals surface area contributed by atoms with Gasteiger partial charge in [-0.05, 0) is 25.7 Å². The summed E-state index contributed by atoms with van der Waals surface area (Å²) >= 11 is 0. The Morgan fingerprint density at radius 3 is 2.77 bits per heavy atom. The lowest BCUT2D eigenvalue weighted by Crippen LogP contribution is -2.35. The Labute approximate surface area is 80.5 Å². The molecule has 0 aromatic heterocycles. The summed E-state index contributed by atoms with van der Waals surface area (Å²) in [5, 5.41) is 12.4. The van der Waals surface area contributed by atoms with E-state index in [1.54, 1.807) is 0 Å². The molecule has 78 valence electrons. The molecule has 3 heteroatoms. The molecule has 13 heavy (non-hydrogen) atoms. The van der Waals surface area contributed by atoms with E-state index in [1.165, 1.54) is 12.8 Å². The van der Waals surface area contributed by atoms with E-state index in [9.17, 15) is 0 Å². The van der Waals surface area contributed by atoms with Crippen LogP contribution in [0.15, 0.2) is 0 Å². The average Bonchev–Trinajstić information content (AvgIpc) is 2.94. The molecule has 1 saturated carbocycles. The Balaban J connectivity index is 1.94. The zero-order valence-electron chi connectivity index (χ0n) is 8.46. The third-order valence-electron chi connectivity index (χ3n) is 2.23. The Morgan fingerprint density at radius 2 is 2.23 bits per heavy atom. The van der Waals surface area contributed by atoms with Crippen LogP contribution in [0.5, 0.6) is 0 Å². The first-order chi connectivity index (χ1) is 6.36. The molecule has 0 aromatic carbocycles. The van der Waals surface area contributed by atoms with E-state index in [-0.39, 0.29) is 12.6 Å². The lowest BCUT2D eigenvalue weighted by atomic mass is 10.2. The number of aliphatic hydroxyl groups is 1. The van der Waals surface area contributed by atoms with Gasteiger partial charge in [-0.25, -0.2) is 0 Å². The van der Waals surface area contributed by atoms with Gasteiger partial charge >= 0.3 is 0 Å². The van der Waals surface area contributed by atoms with Crippen molar-refractivity contribution in [1.29, 1.82) is 0 Å². The van der Waals surface area contributed by atoms with Crippen LogP contribution in [-0.2, 0) is 4.74 Å². The van der Waals surface area contributed by atoms with Crippen LogP contribution < -0.4 is 5.32 Å². The molecule has 0 aliphatic heterocycles. The number of hydrogen-bond donors (Lipinski definition) is 2. The summed E-state index contributed by atoms with van der Waals surface area (Å²) in [6, 6.07) is 0.910. The molecule has 1 aliphatic rings. The molecule has 2 N–H and O–H groups in total. The van der Waals surface area contributed by atoms with E-state index < -0.39 is 0 Å². The molecule has 0 bridgehead atoms. The summed E-state index contributed by atoms with van der Waals surface area (Å²) in [6.45, 7) is 3.93. The van der Waals surface area contributed by atoms with Crippen LogP contribution >= 0.6 is 0 Å². The third-order valence-corrected chi connectivity index (χ3v) is 2.23. The number of ether oxygens (including phenoxy) is 1. The van der Waals surface area contributed by atoms with Crippen LogP contribution in [-0.4, -0.2) is 37.0 Å². The van der Waals surface area contributed by atoms with Crippen molar-refractivity contribution in [3.05, 3.63) is 0 Å². The van der Waals surface area contributed by atoms with Crippen LogP contribution in [0.25, 0.3) is 0 Å². The van der Waals surface area contributed by atoms with Gasteiger partial charge < -0.3 is 15.2 Å². The van der Waals surface area contributed by atoms with Crippen molar-refractivity contribution >= 4 is 0 Å². The predicted octanol–water partition coefficient (Wildman–Crippen LogP) is 0.916. The molecule has 0 radical (unpaired) electrons. The Morgan fingerprint density at radius 1 is 1.46 bits per heavy atom. The molecule has 1 atom stereocenters. The summed E-state index contributed by atoms with van der Waals surface area (Å²) in [5.74, 6) is 0. The number of hydrogen-bond acceptors (Lipinski definition) is 3. The summed E-state index contributed by atoms with van der Waals surface area (Å²) in [7, 11) is 0. The van der Waals surface area contributed by atoms with Gasteiger partial charge in [-0.1, -0.05) is 6.92 Å². The highest BCUT2D eigenvalue weighted by atomic mass is 16.5. The summed E-state index contributed by atoms with van der Waals surface area (Å²) in [5.41, 5.74) is 0. The molecule has 0 heterocycles. The van der Waals surface area contributed by atoms with Crippen LogP contribution in [0.3, 0.4) is 0 Å². The Bertz CT molecular complexity index is 126. The number of aliphatic hydroxyl groups excluding tert-OH is 1. The van der Waals surface area contributed by atoms with E-state index in [0.29, 0.717) is 6.04 Å². The maximum Gasteiger partial charge on any atom is 0.0585 e. The molecule has 0 spiro atoms. The van der Waals surface area contributed by atoms with Gasteiger partial charge in [-0.3, -0.25) is 0 Å². The number of nitrogens with one attached hydrogen (secondary N) is 1. The maximum absolute atomic E-state index is 9.04. The fourth-order valence-electron chi connectivity index (χ4n) is 1.28. The SMILES string of the molecule is CCCOCCC(CO)NC1CC1. The van der Waals surface area contributed by atoms with Crippen molar-refractivity contribution in [2.75, 3.05) is 19.8 Å². The molecule has 1 aliphatic carbocycles. The van der Waals surface area contributed by atoms with Crippen LogP contribution in [0.4, 0.5) is 0 Å². The third kappa shape index (κ3) is 5.24. The Kier molecular flexibility index (Phi) is 5.35. The highest BCUT2D eigenvalue weighted by Gasteiger charge is 2.23. The van der Waals surface area contributed by atoms with Crippen molar-refractivity contribution in [3.63, 3.8) is 0 Å². The first-order valence-corrected chi connectivity index (χ1v) is 5.31. The molecular formula is C10H21NO2. The van der Waals surface area contributed by atoms with Gasteiger partial charge in [-0.2, -0.15) is 0 Å². The van der Waals surface area contributed by atoms with E-state index in [0.717, 1.165) is 26.1 Å². The molecule has 3 nitrogen and oxygen atoms in total. The second-order valence-electron chi connectivity index (χ2n) is 3.72.